The van der Waals surface area contributed by atoms with Crippen LogP contribution in [0.5, 0.6) is 0 Å². The largest absolute Gasteiger partial charge is 0.382 e. The molecule has 0 saturated carbocycles. The number of benzene rings is 3. The van der Waals surface area contributed by atoms with E-state index in [0.717, 1.165) is 32.5 Å². The number of likely N-dealkylation sites (tertiary alicyclic amines) is 1. The molecule has 0 radical (unpaired) electrons. The zero-order valence-corrected chi connectivity index (χ0v) is 19.1. The standard InChI is InChI=1S/C29H31FN2O/c1-20-8-10-22(11-9-20)29-24-5-2-3-6-26(24)31-27-16-18-32(19-25(27)29)17-4-7-28(33)21-12-14-23(30)15-13-21/h2-3,5-6,8-15,25,27,29,31H,4,7,16-19H2,1H3. The number of aryl methyl sites for hydroxylation is 1. The fourth-order valence-corrected chi connectivity index (χ4v) is 5.55. The van der Waals surface area contributed by atoms with Crippen LogP contribution in [0, 0.1) is 18.7 Å². The molecule has 1 N–H and O–H groups in total. The molecule has 2 aliphatic heterocycles. The van der Waals surface area contributed by atoms with Crippen molar-refractivity contribution in [2.75, 3.05) is 25.0 Å². The fraction of sp³-hybridized carbons (Fsp3) is 0.345. The normalized spacial score (nSPS) is 22.2. The predicted molar refractivity (Wildman–Crippen MR) is 131 cm³/mol. The van der Waals surface area contributed by atoms with Gasteiger partial charge in [0.1, 0.15) is 5.82 Å². The van der Waals surface area contributed by atoms with Gasteiger partial charge in [0.05, 0.1) is 0 Å². The van der Waals surface area contributed by atoms with Crippen LogP contribution in [-0.2, 0) is 0 Å². The summed E-state index contributed by atoms with van der Waals surface area (Å²) in [7, 11) is 0. The van der Waals surface area contributed by atoms with Gasteiger partial charge in [0, 0.05) is 48.6 Å². The maximum absolute atomic E-state index is 13.1. The highest BCUT2D eigenvalue weighted by Gasteiger charge is 2.40. The first-order valence-corrected chi connectivity index (χ1v) is 12.0. The van der Waals surface area contributed by atoms with Crippen molar-refractivity contribution in [3.63, 3.8) is 0 Å². The molecule has 2 aliphatic rings. The molecule has 5 rings (SSSR count). The van der Waals surface area contributed by atoms with Crippen LogP contribution in [0.15, 0.2) is 72.8 Å². The first-order valence-electron chi connectivity index (χ1n) is 12.0. The molecule has 0 bridgehead atoms. The number of piperidine rings is 1. The molecule has 0 aromatic heterocycles. The minimum atomic E-state index is -0.305. The van der Waals surface area contributed by atoms with E-state index in [1.807, 2.05) is 0 Å². The van der Waals surface area contributed by atoms with Gasteiger partial charge >= 0.3 is 0 Å². The number of anilines is 1. The van der Waals surface area contributed by atoms with Crippen molar-refractivity contribution < 1.29 is 9.18 Å². The Balaban J connectivity index is 1.28. The van der Waals surface area contributed by atoms with E-state index in [4.69, 9.17) is 0 Å². The Kier molecular flexibility index (Phi) is 6.28. The van der Waals surface area contributed by atoms with Gasteiger partial charge in [-0.15, -0.1) is 0 Å². The van der Waals surface area contributed by atoms with Gasteiger partial charge < -0.3 is 10.2 Å². The number of ketones is 1. The van der Waals surface area contributed by atoms with Gasteiger partial charge in [-0.1, -0.05) is 48.0 Å². The average Bonchev–Trinajstić information content (AvgIpc) is 2.83. The van der Waals surface area contributed by atoms with Crippen LogP contribution < -0.4 is 5.32 Å². The number of carbonyl (C=O) groups is 1. The summed E-state index contributed by atoms with van der Waals surface area (Å²) in [6.07, 6.45) is 2.43. The first kappa shape index (κ1) is 21.8. The number of hydrogen-bond donors (Lipinski definition) is 1. The Hall–Kier alpha value is -2.98. The number of halogens is 1. The van der Waals surface area contributed by atoms with Crippen molar-refractivity contribution in [2.45, 2.75) is 38.1 Å². The molecule has 2 heterocycles. The monoisotopic (exact) mass is 442 g/mol. The molecule has 170 valence electrons. The van der Waals surface area contributed by atoms with Gasteiger partial charge in [-0.05, 0) is 67.8 Å². The van der Waals surface area contributed by atoms with Crippen LogP contribution in [-0.4, -0.2) is 36.4 Å². The van der Waals surface area contributed by atoms with E-state index >= 15 is 0 Å². The molecule has 3 unspecified atom stereocenters. The zero-order chi connectivity index (χ0) is 22.8. The summed E-state index contributed by atoms with van der Waals surface area (Å²) in [5, 5.41) is 3.82. The quantitative estimate of drug-likeness (QED) is 0.472. The fourth-order valence-electron chi connectivity index (χ4n) is 5.55. The second-order valence-corrected chi connectivity index (χ2v) is 9.51. The summed E-state index contributed by atoms with van der Waals surface area (Å²) >= 11 is 0. The SMILES string of the molecule is Cc1ccc(C2c3ccccc3NC3CCN(CCCC(=O)c4ccc(F)cc4)CC32)cc1. The number of nitrogens with zero attached hydrogens (tertiary/aromatic N) is 1. The summed E-state index contributed by atoms with van der Waals surface area (Å²) in [5.41, 5.74) is 5.92. The number of nitrogens with one attached hydrogen (secondary N) is 1. The van der Waals surface area contributed by atoms with Gasteiger partial charge in [0.15, 0.2) is 5.78 Å². The summed E-state index contributed by atoms with van der Waals surface area (Å²) in [6.45, 7) is 5.12. The van der Waals surface area contributed by atoms with E-state index in [1.165, 1.54) is 34.5 Å². The third kappa shape index (κ3) is 4.72. The summed E-state index contributed by atoms with van der Waals surface area (Å²) < 4.78 is 13.1. The van der Waals surface area contributed by atoms with Gasteiger partial charge in [0.2, 0.25) is 0 Å². The van der Waals surface area contributed by atoms with Crippen molar-refractivity contribution in [3.8, 4) is 0 Å². The maximum Gasteiger partial charge on any atom is 0.162 e. The minimum Gasteiger partial charge on any atom is -0.382 e. The molecule has 3 nitrogen and oxygen atoms in total. The second kappa shape index (κ2) is 9.48. The lowest BCUT2D eigenvalue weighted by molar-refractivity contribution is 0.0964. The third-order valence-electron chi connectivity index (χ3n) is 7.29. The molecule has 3 atom stereocenters. The van der Waals surface area contributed by atoms with Gasteiger partial charge in [0.25, 0.3) is 0 Å². The highest BCUT2D eigenvalue weighted by molar-refractivity contribution is 5.95. The maximum atomic E-state index is 13.1. The van der Waals surface area contributed by atoms with E-state index in [9.17, 15) is 9.18 Å². The van der Waals surface area contributed by atoms with Crippen LogP contribution in [0.1, 0.15) is 52.2 Å². The molecule has 33 heavy (non-hydrogen) atoms. The van der Waals surface area contributed by atoms with E-state index < -0.39 is 0 Å². The van der Waals surface area contributed by atoms with E-state index in [0.29, 0.717) is 29.9 Å². The number of rotatable bonds is 6. The van der Waals surface area contributed by atoms with E-state index in [1.54, 1.807) is 12.1 Å². The van der Waals surface area contributed by atoms with E-state index in [2.05, 4.69) is 65.7 Å². The molecular weight excluding hydrogens is 411 g/mol. The van der Waals surface area contributed by atoms with Crippen LogP contribution in [0.4, 0.5) is 10.1 Å². The molecule has 1 fully saturated rings. The Morgan fingerprint density at radius 3 is 2.58 bits per heavy atom. The second-order valence-electron chi connectivity index (χ2n) is 9.51. The van der Waals surface area contributed by atoms with Crippen molar-refractivity contribution in [1.29, 1.82) is 0 Å². The molecule has 1 saturated heterocycles. The summed E-state index contributed by atoms with van der Waals surface area (Å²) in [5.74, 6) is 0.650. The molecule has 3 aromatic rings. The average molecular weight is 443 g/mol. The van der Waals surface area contributed by atoms with E-state index in [-0.39, 0.29) is 11.6 Å². The summed E-state index contributed by atoms with van der Waals surface area (Å²) in [6, 6.07) is 24.1. The Morgan fingerprint density at radius 2 is 1.79 bits per heavy atom. The topological polar surface area (TPSA) is 32.3 Å². The Labute approximate surface area is 195 Å². The molecule has 3 aromatic carbocycles. The van der Waals surface area contributed by atoms with Gasteiger partial charge in [-0.2, -0.15) is 0 Å². The van der Waals surface area contributed by atoms with Gasteiger partial charge in [-0.3, -0.25) is 4.79 Å². The van der Waals surface area contributed by atoms with Crippen LogP contribution >= 0.6 is 0 Å². The highest BCUT2D eigenvalue weighted by Crippen LogP contribution is 2.45. The molecular formula is C29H31FN2O. The van der Waals surface area contributed by atoms with Crippen molar-refractivity contribution in [2.24, 2.45) is 5.92 Å². The Morgan fingerprint density at radius 1 is 1.03 bits per heavy atom. The van der Waals surface area contributed by atoms with Gasteiger partial charge in [-0.25, -0.2) is 4.39 Å². The number of fused-ring (bicyclic) bond motifs is 2. The number of Topliss-reactive ketones (excluding diaryl/α,β-unsaturated/α-hetero) is 1. The molecule has 4 heteroatoms. The minimum absolute atomic E-state index is 0.0932. The van der Waals surface area contributed by atoms with Crippen LogP contribution in [0.2, 0.25) is 0 Å². The molecule has 0 aliphatic carbocycles. The molecule has 0 amide bonds. The smallest absolute Gasteiger partial charge is 0.162 e. The molecule has 0 spiro atoms. The predicted octanol–water partition coefficient (Wildman–Crippen LogP) is 6.05. The van der Waals surface area contributed by atoms with Crippen molar-refractivity contribution in [1.82, 2.24) is 4.90 Å². The van der Waals surface area contributed by atoms with Crippen molar-refractivity contribution in [3.05, 3.63) is 101 Å². The number of para-hydroxylation sites is 1. The lowest BCUT2D eigenvalue weighted by atomic mass is 9.71. The first-order chi connectivity index (χ1) is 16.1. The lowest BCUT2D eigenvalue weighted by Crippen LogP contribution is -2.51. The summed E-state index contributed by atoms with van der Waals surface area (Å²) in [4.78, 5) is 15.0. The number of carbonyl (C=O) groups excluding carboxylic acids is 1. The Bertz CT molecular complexity index is 1110. The lowest BCUT2D eigenvalue weighted by Gasteiger charge is -2.47. The highest BCUT2D eigenvalue weighted by atomic mass is 19.1. The zero-order valence-electron chi connectivity index (χ0n) is 19.1. The third-order valence-corrected chi connectivity index (χ3v) is 7.29. The van der Waals surface area contributed by atoms with Crippen LogP contribution in [0.25, 0.3) is 0 Å². The van der Waals surface area contributed by atoms with Crippen LogP contribution in [0.3, 0.4) is 0 Å². The van der Waals surface area contributed by atoms with Crippen molar-refractivity contribution >= 4 is 11.5 Å². The number of hydrogen-bond acceptors (Lipinski definition) is 3.